The first-order valence-electron chi connectivity index (χ1n) is 5.20. The van der Waals surface area contributed by atoms with Gasteiger partial charge in [0.15, 0.2) is 5.17 Å². The van der Waals surface area contributed by atoms with E-state index in [1.54, 1.807) is 0 Å². The maximum absolute atomic E-state index is 5.74. The van der Waals surface area contributed by atoms with Crippen molar-refractivity contribution in [3.8, 4) is 0 Å². The standard InChI is InChI=1S/C11H18N4S.2ClH/c1-2-16-11(14)15-10-4-3-8(6-12)9(5-10)7-13;;/h3-5H,2,6-7,12-13H2,1H3,(H2,14,15);2*1H. The number of rotatable bonds is 4. The first-order chi connectivity index (χ1) is 7.71. The van der Waals surface area contributed by atoms with E-state index in [-0.39, 0.29) is 24.8 Å². The van der Waals surface area contributed by atoms with Gasteiger partial charge in [-0.05, 0) is 29.0 Å². The van der Waals surface area contributed by atoms with E-state index in [2.05, 4.69) is 4.99 Å². The Morgan fingerprint density at radius 1 is 1.17 bits per heavy atom. The summed E-state index contributed by atoms with van der Waals surface area (Å²) in [5.41, 5.74) is 19.9. The van der Waals surface area contributed by atoms with Gasteiger partial charge < -0.3 is 17.2 Å². The van der Waals surface area contributed by atoms with Crippen molar-refractivity contribution in [3.05, 3.63) is 29.3 Å². The maximum Gasteiger partial charge on any atom is 0.159 e. The summed E-state index contributed by atoms with van der Waals surface area (Å²) in [6, 6.07) is 5.79. The van der Waals surface area contributed by atoms with Gasteiger partial charge in [0.2, 0.25) is 0 Å². The van der Waals surface area contributed by atoms with Crippen LogP contribution in [0, 0.1) is 0 Å². The normalized spacial score (nSPS) is 10.5. The third-order valence-corrected chi connectivity index (χ3v) is 2.84. The van der Waals surface area contributed by atoms with Gasteiger partial charge in [-0.15, -0.1) is 24.8 Å². The predicted molar refractivity (Wildman–Crippen MR) is 86.1 cm³/mol. The topological polar surface area (TPSA) is 90.4 Å². The first kappa shape index (κ1) is 19.9. The Balaban J connectivity index is 0. The minimum absolute atomic E-state index is 0. The molecule has 0 atom stereocenters. The summed E-state index contributed by atoms with van der Waals surface area (Å²) in [5, 5.41) is 0.575. The van der Waals surface area contributed by atoms with Gasteiger partial charge in [0, 0.05) is 13.1 Å². The van der Waals surface area contributed by atoms with Crippen molar-refractivity contribution >= 4 is 47.4 Å². The maximum atomic E-state index is 5.74. The molecule has 0 amide bonds. The Morgan fingerprint density at radius 3 is 2.28 bits per heavy atom. The zero-order valence-electron chi connectivity index (χ0n) is 10.3. The van der Waals surface area contributed by atoms with E-state index in [1.807, 2.05) is 25.1 Å². The summed E-state index contributed by atoms with van der Waals surface area (Å²) < 4.78 is 0. The number of amidine groups is 1. The van der Waals surface area contributed by atoms with Crippen molar-refractivity contribution in [2.24, 2.45) is 22.2 Å². The van der Waals surface area contributed by atoms with Crippen molar-refractivity contribution in [3.63, 3.8) is 0 Å². The van der Waals surface area contributed by atoms with E-state index in [4.69, 9.17) is 17.2 Å². The molecule has 0 saturated carbocycles. The summed E-state index contributed by atoms with van der Waals surface area (Å²) >= 11 is 1.52. The molecule has 0 unspecified atom stereocenters. The molecule has 1 aromatic rings. The lowest BCUT2D eigenvalue weighted by molar-refractivity contribution is 0.979. The Hall–Kier alpha value is -0.460. The second-order valence-corrected chi connectivity index (χ2v) is 4.53. The molecule has 18 heavy (non-hydrogen) atoms. The van der Waals surface area contributed by atoms with E-state index in [0.29, 0.717) is 18.3 Å². The summed E-state index contributed by atoms with van der Waals surface area (Å²) in [4.78, 5) is 4.29. The molecule has 0 aromatic heterocycles. The van der Waals surface area contributed by atoms with E-state index >= 15 is 0 Å². The third kappa shape index (κ3) is 5.93. The molecule has 0 aliphatic heterocycles. The summed E-state index contributed by atoms with van der Waals surface area (Å²) in [6.45, 7) is 3.00. The predicted octanol–water partition coefficient (Wildman–Crippen LogP) is 2.15. The van der Waals surface area contributed by atoms with Gasteiger partial charge in [-0.2, -0.15) is 0 Å². The Morgan fingerprint density at radius 2 is 1.78 bits per heavy atom. The number of hydrogen-bond donors (Lipinski definition) is 3. The van der Waals surface area contributed by atoms with Crippen LogP contribution in [0.4, 0.5) is 5.69 Å². The molecule has 1 rings (SSSR count). The molecule has 1 aromatic carbocycles. The summed E-state index contributed by atoms with van der Waals surface area (Å²) in [7, 11) is 0. The Bertz CT molecular complexity index is 385. The van der Waals surface area contributed by atoms with Crippen LogP contribution in [0.15, 0.2) is 23.2 Å². The quantitative estimate of drug-likeness (QED) is 0.587. The highest BCUT2D eigenvalue weighted by Crippen LogP contribution is 2.19. The molecule has 0 heterocycles. The molecule has 0 spiro atoms. The average Bonchev–Trinajstić information content (AvgIpc) is 2.29. The van der Waals surface area contributed by atoms with E-state index < -0.39 is 0 Å². The number of nitrogens with zero attached hydrogens (tertiary/aromatic N) is 1. The van der Waals surface area contributed by atoms with Crippen LogP contribution in [-0.4, -0.2) is 10.9 Å². The molecule has 7 heteroatoms. The van der Waals surface area contributed by atoms with Crippen LogP contribution >= 0.6 is 36.6 Å². The number of halogens is 2. The van der Waals surface area contributed by atoms with Crippen LogP contribution in [0.5, 0.6) is 0 Å². The van der Waals surface area contributed by atoms with Gasteiger partial charge in [0.25, 0.3) is 0 Å². The summed E-state index contributed by atoms with van der Waals surface area (Å²) in [6.07, 6.45) is 0. The molecule has 0 fully saturated rings. The highest BCUT2D eigenvalue weighted by Gasteiger charge is 2.01. The highest BCUT2D eigenvalue weighted by atomic mass is 35.5. The van der Waals surface area contributed by atoms with Gasteiger partial charge in [-0.1, -0.05) is 24.8 Å². The van der Waals surface area contributed by atoms with Crippen molar-refractivity contribution in [2.75, 3.05) is 5.75 Å². The van der Waals surface area contributed by atoms with Crippen LogP contribution in [0.2, 0.25) is 0 Å². The minimum atomic E-state index is 0. The number of hydrogen-bond acceptors (Lipinski definition) is 4. The fourth-order valence-corrected chi connectivity index (χ4v) is 1.84. The largest absolute Gasteiger partial charge is 0.378 e. The van der Waals surface area contributed by atoms with Crippen molar-refractivity contribution in [1.29, 1.82) is 0 Å². The third-order valence-electron chi connectivity index (χ3n) is 2.16. The van der Waals surface area contributed by atoms with Gasteiger partial charge in [-0.3, -0.25) is 0 Å². The molecule has 0 radical (unpaired) electrons. The zero-order chi connectivity index (χ0) is 12.0. The molecule has 0 saturated heterocycles. The smallest absolute Gasteiger partial charge is 0.159 e. The van der Waals surface area contributed by atoms with Crippen LogP contribution in [0.25, 0.3) is 0 Å². The first-order valence-corrected chi connectivity index (χ1v) is 6.18. The molecular formula is C11H20Cl2N4S. The molecule has 6 N–H and O–H groups in total. The number of aliphatic imine (C=N–C) groups is 1. The lowest BCUT2D eigenvalue weighted by Crippen LogP contribution is -2.07. The second-order valence-electron chi connectivity index (χ2n) is 3.24. The zero-order valence-corrected chi connectivity index (χ0v) is 12.7. The number of nitrogens with two attached hydrogens (primary N) is 3. The van der Waals surface area contributed by atoms with Crippen LogP contribution in [0.3, 0.4) is 0 Å². The molecule has 4 nitrogen and oxygen atoms in total. The van der Waals surface area contributed by atoms with Gasteiger partial charge in [0.05, 0.1) is 5.69 Å². The van der Waals surface area contributed by atoms with Crippen molar-refractivity contribution in [1.82, 2.24) is 0 Å². The Labute approximate surface area is 125 Å². The fraction of sp³-hybridized carbons (Fsp3) is 0.364. The van der Waals surface area contributed by atoms with E-state index in [0.717, 1.165) is 22.6 Å². The molecule has 104 valence electrons. The number of benzene rings is 1. The van der Waals surface area contributed by atoms with Gasteiger partial charge in [-0.25, -0.2) is 4.99 Å². The van der Waals surface area contributed by atoms with Gasteiger partial charge in [0.1, 0.15) is 0 Å². The monoisotopic (exact) mass is 310 g/mol. The van der Waals surface area contributed by atoms with Gasteiger partial charge >= 0.3 is 0 Å². The van der Waals surface area contributed by atoms with Crippen molar-refractivity contribution < 1.29 is 0 Å². The molecule has 0 aliphatic rings. The Kier molecular flexibility index (Phi) is 11.5. The van der Waals surface area contributed by atoms with E-state index in [9.17, 15) is 0 Å². The second kappa shape index (κ2) is 10.5. The highest BCUT2D eigenvalue weighted by molar-refractivity contribution is 8.13. The summed E-state index contributed by atoms with van der Waals surface area (Å²) in [5.74, 6) is 0.917. The SMILES string of the molecule is CCSC(N)=Nc1ccc(CN)c(CN)c1.Cl.Cl. The molecule has 0 aliphatic carbocycles. The fourth-order valence-electron chi connectivity index (χ4n) is 1.38. The van der Waals surface area contributed by atoms with Crippen LogP contribution < -0.4 is 17.2 Å². The van der Waals surface area contributed by atoms with Crippen molar-refractivity contribution in [2.45, 2.75) is 20.0 Å². The molecule has 0 bridgehead atoms. The molecular weight excluding hydrogens is 291 g/mol. The van der Waals surface area contributed by atoms with Crippen LogP contribution in [0.1, 0.15) is 18.1 Å². The van der Waals surface area contributed by atoms with Crippen LogP contribution in [-0.2, 0) is 13.1 Å². The number of thioether (sulfide) groups is 1. The average molecular weight is 311 g/mol. The minimum Gasteiger partial charge on any atom is -0.378 e. The lowest BCUT2D eigenvalue weighted by Gasteiger charge is -2.06. The van der Waals surface area contributed by atoms with E-state index in [1.165, 1.54) is 11.8 Å². The lowest BCUT2D eigenvalue weighted by atomic mass is 10.1.